The molecule has 0 saturated carbocycles. The quantitative estimate of drug-likeness (QED) is 0.872. The fourth-order valence-electron chi connectivity index (χ4n) is 2.52. The molecule has 0 aliphatic carbocycles. The minimum Gasteiger partial charge on any atom is -0.348 e. The van der Waals surface area contributed by atoms with E-state index in [1.54, 1.807) is 6.20 Å². The minimum absolute atomic E-state index is 0.607. The number of quaternary nitrogens is 1. The van der Waals surface area contributed by atoms with Gasteiger partial charge in [0, 0.05) is 18.0 Å². The third-order valence-corrected chi connectivity index (χ3v) is 3.66. The molecule has 104 valence electrons. The smallest absolute Gasteiger partial charge is 0.215 e. The molecule has 1 atom stereocenters. The van der Waals surface area contributed by atoms with Crippen molar-refractivity contribution in [2.45, 2.75) is 13.0 Å². The van der Waals surface area contributed by atoms with Gasteiger partial charge in [-0.1, -0.05) is 12.1 Å². The van der Waals surface area contributed by atoms with Crippen molar-refractivity contribution in [2.24, 2.45) is 4.99 Å². The van der Waals surface area contributed by atoms with Crippen molar-refractivity contribution >= 4 is 5.84 Å². The molecule has 1 aromatic heterocycles. The molecule has 0 amide bonds. The number of H-pyrrole nitrogens is 1. The van der Waals surface area contributed by atoms with Gasteiger partial charge < -0.3 is 4.98 Å². The van der Waals surface area contributed by atoms with Crippen LogP contribution in [-0.4, -0.2) is 27.3 Å². The highest BCUT2D eigenvalue weighted by Crippen LogP contribution is 2.21. The molecule has 0 fully saturated rings. The monoisotopic (exact) mass is 278 g/mol. The third-order valence-electron chi connectivity index (χ3n) is 3.66. The van der Waals surface area contributed by atoms with Crippen LogP contribution < -0.4 is 0 Å². The van der Waals surface area contributed by atoms with E-state index in [1.165, 1.54) is 0 Å². The van der Waals surface area contributed by atoms with Crippen molar-refractivity contribution in [3.05, 3.63) is 66.0 Å². The van der Waals surface area contributed by atoms with Crippen LogP contribution in [0.2, 0.25) is 0 Å². The Bertz CT molecular complexity index is 736. The SMILES string of the molecule is C[N+]1(Cc2cccc(C#N)c2)C=CN=C1Cc1ncc[nH]1. The van der Waals surface area contributed by atoms with Crippen LogP contribution in [0.3, 0.4) is 0 Å². The van der Waals surface area contributed by atoms with E-state index in [4.69, 9.17) is 5.26 Å². The van der Waals surface area contributed by atoms with Gasteiger partial charge in [0.1, 0.15) is 25.0 Å². The number of likely N-dealkylation sites (N-methyl/N-ethyl adjacent to an activating group) is 1. The van der Waals surface area contributed by atoms with Gasteiger partial charge in [0.15, 0.2) is 0 Å². The molecule has 2 heterocycles. The molecule has 5 heteroatoms. The Kier molecular flexibility index (Phi) is 3.38. The van der Waals surface area contributed by atoms with Gasteiger partial charge >= 0.3 is 0 Å². The summed E-state index contributed by atoms with van der Waals surface area (Å²) in [4.78, 5) is 11.9. The minimum atomic E-state index is 0.607. The van der Waals surface area contributed by atoms with Crippen molar-refractivity contribution in [2.75, 3.05) is 7.05 Å². The molecule has 1 aliphatic heterocycles. The summed E-state index contributed by atoms with van der Waals surface area (Å²) in [5.41, 5.74) is 1.81. The highest BCUT2D eigenvalue weighted by molar-refractivity contribution is 5.79. The summed E-state index contributed by atoms with van der Waals surface area (Å²) in [6.45, 7) is 0.769. The number of benzene rings is 1. The van der Waals surface area contributed by atoms with Crippen molar-refractivity contribution < 1.29 is 4.48 Å². The molecule has 0 radical (unpaired) electrons. The molecule has 1 aromatic carbocycles. The number of aromatic nitrogens is 2. The van der Waals surface area contributed by atoms with E-state index in [9.17, 15) is 0 Å². The fraction of sp³-hybridized carbons (Fsp3) is 0.188. The van der Waals surface area contributed by atoms with Crippen LogP contribution in [0.4, 0.5) is 0 Å². The number of hydrogen-bond donors (Lipinski definition) is 1. The lowest BCUT2D eigenvalue weighted by Gasteiger charge is -2.27. The first kappa shape index (κ1) is 13.3. The summed E-state index contributed by atoms with van der Waals surface area (Å²) in [6, 6.07) is 9.90. The van der Waals surface area contributed by atoms with Crippen LogP contribution in [0.15, 0.2) is 54.1 Å². The number of rotatable bonds is 4. The van der Waals surface area contributed by atoms with Gasteiger partial charge in [-0.3, -0.25) is 0 Å². The van der Waals surface area contributed by atoms with Gasteiger partial charge in [0.25, 0.3) is 0 Å². The maximum Gasteiger partial charge on any atom is 0.215 e. The van der Waals surface area contributed by atoms with Gasteiger partial charge in [-0.05, 0) is 12.1 Å². The van der Waals surface area contributed by atoms with Gasteiger partial charge in [0.05, 0.1) is 24.9 Å². The zero-order chi connectivity index (χ0) is 14.7. The summed E-state index contributed by atoms with van der Waals surface area (Å²) in [5.74, 6) is 1.94. The van der Waals surface area contributed by atoms with Crippen LogP contribution in [0.5, 0.6) is 0 Å². The number of hydrogen-bond acceptors (Lipinski definition) is 3. The lowest BCUT2D eigenvalue weighted by atomic mass is 10.1. The Balaban J connectivity index is 1.81. The first-order valence-corrected chi connectivity index (χ1v) is 6.77. The molecule has 0 saturated heterocycles. The highest BCUT2D eigenvalue weighted by atomic mass is 15.4. The molecule has 0 spiro atoms. The van der Waals surface area contributed by atoms with E-state index in [0.717, 1.165) is 23.8 Å². The molecule has 1 N–H and O–H groups in total. The zero-order valence-corrected chi connectivity index (χ0v) is 11.8. The van der Waals surface area contributed by atoms with Gasteiger partial charge in [-0.2, -0.15) is 5.26 Å². The lowest BCUT2D eigenvalue weighted by Crippen LogP contribution is -2.42. The predicted molar refractivity (Wildman–Crippen MR) is 79.9 cm³/mol. The topological polar surface area (TPSA) is 64.8 Å². The third kappa shape index (κ3) is 2.76. The Morgan fingerprint density at radius 3 is 3.05 bits per heavy atom. The summed E-state index contributed by atoms with van der Waals surface area (Å²) < 4.78 is 0.607. The maximum absolute atomic E-state index is 9.01. The molecular formula is C16H16N5+. The Morgan fingerprint density at radius 2 is 2.29 bits per heavy atom. The van der Waals surface area contributed by atoms with Crippen LogP contribution >= 0.6 is 0 Å². The van der Waals surface area contributed by atoms with E-state index in [0.29, 0.717) is 16.5 Å². The van der Waals surface area contributed by atoms with Crippen LogP contribution in [-0.2, 0) is 13.0 Å². The molecule has 2 aromatic rings. The van der Waals surface area contributed by atoms with E-state index < -0.39 is 0 Å². The summed E-state index contributed by atoms with van der Waals surface area (Å²) in [6.07, 6.45) is 8.16. The molecule has 5 nitrogen and oxygen atoms in total. The van der Waals surface area contributed by atoms with Crippen molar-refractivity contribution in [1.82, 2.24) is 9.97 Å². The average Bonchev–Trinajstić information content (AvgIpc) is 3.11. The van der Waals surface area contributed by atoms with E-state index >= 15 is 0 Å². The lowest BCUT2D eigenvalue weighted by molar-refractivity contribution is -0.779. The Hall–Kier alpha value is -2.71. The Morgan fingerprint density at radius 1 is 1.38 bits per heavy atom. The largest absolute Gasteiger partial charge is 0.348 e. The number of amidine groups is 1. The second-order valence-electron chi connectivity index (χ2n) is 5.29. The molecule has 21 heavy (non-hydrogen) atoms. The number of nitriles is 1. The predicted octanol–water partition coefficient (Wildman–Crippen LogP) is 2.35. The number of aliphatic imine (C=N–C) groups is 1. The van der Waals surface area contributed by atoms with Gasteiger partial charge in [-0.25, -0.2) is 14.5 Å². The zero-order valence-electron chi connectivity index (χ0n) is 11.8. The summed E-state index contributed by atoms with van der Waals surface area (Å²) >= 11 is 0. The first-order chi connectivity index (χ1) is 10.2. The van der Waals surface area contributed by atoms with E-state index in [1.807, 2.05) is 36.7 Å². The normalized spacial score (nSPS) is 20.3. The van der Waals surface area contributed by atoms with Crippen LogP contribution in [0.1, 0.15) is 17.0 Å². The van der Waals surface area contributed by atoms with Crippen molar-refractivity contribution in [3.63, 3.8) is 0 Å². The first-order valence-electron chi connectivity index (χ1n) is 6.77. The van der Waals surface area contributed by atoms with Crippen molar-refractivity contribution in [1.29, 1.82) is 5.26 Å². The molecule has 1 aliphatic rings. The molecule has 0 bridgehead atoms. The molecule has 3 rings (SSSR count). The number of nitrogens with zero attached hydrogens (tertiary/aromatic N) is 4. The number of aromatic amines is 1. The molecular weight excluding hydrogens is 262 g/mol. The second kappa shape index (κ2) is 5.35. The number of nitrogens with one attached hydrogen (secondary N) is 1. The van der Waals surface area contributed by atoms with Gasteiger partial charge in [0.2, 0.25) is 5.84 Å². The van der Waals surface area contributed by atoms with Crippen LogP contribution in [0.25, 0.3) is 0 Å². The Labute approximate surface area is 123 Å². The molecule has 1 unspecified atom stereocenters. The maximum atomic E-state index is 9.01. The van der Waals surface area contributed by atoms with Crippen LogP contribution in [0, 0.1) is 11.3 Å². The van der Waals surface area contributed by atoms with Gasteiger partial charge in [-0.15, -0.1) is 0 Å². The summed E-state index contributed by atoms with van der Waals surface area (Å²) in [7, 11) is 2.12. The highest BCUT2D eigenvalue weighted by Gasteiger charge is 2.31. The standard InChI is InChI=1S/C16H16N5/c1-21(12-14-4-2-3-13(9-14)11-17)8-7-20-16(21)10-15-18-5-6-19-15/h2-9H,10,12H2,1H3,(H,18,19)/q+1. The summed E-state index contributed by atoms with van der Waals surface area (Å²) in [5, 5.41) is 9.01. The van der Waals surface area contributed by atoms with E-state index in [2.05, 4.69) is 34.3 Å². The van der Waals surface area contributed by atoms with Crippen molar-refractivity contribution in [3.8, 4) is 6.07 Å². The number of imidazole rings is 1. The van der Waals surface area contributed by atoms with E-state index in [-0.39, 0.29) is 0 Å². The average molecular weight is 278 g/mol. The second-order valence-corrected chi connectivity index (χ2v) is 5.29. The fourth-order valence-corrected chi connectivity index (χ4v) is 2.52.